The molecule has 4 nitrogen and oxygen atoms in total. The summed E-state index contributed by atoms with van der Waals surface area (Å²) in [6, 6.07) is 3.91. The van der Waals surface area contributed by atoms with Gasteiger partial charge in [0, 0.05) is 6.54 Å². The summed E-state index contributed by atoms with van der Waals surface area (Å²) in [6.45, 7) is 5.25. The van der Waals surface area contributed by atoms with Crippen molar-refractivity contribution in [2.45, 2.75) is 57.8 Å². The van der Waals surface area contributed by atoms with Crippen molar-refractivity contribution in [2.75, 3.05) is 13.2 Å². The Kier molecular flexibility index (Phi) is 6.07. The first-order valence-electron chi connectivity index (χ1n) is 7.71. The van der Waals surface area contributed by atoms with Crippen LogP contribution >= 0.6 is 0 Å². The number of ether oxygens (including phenoxy) is 1. The van der Waals surface area contributed by atoms with Crippen LogP contribution in [0.4, 0.5) is 0 Å². The highest BCUT2D eigenvalue weighted by molar-refractivity contribution is 5.02. The van der Waals surface area contributed by atoms with Crippen molar-refractivity contribution in [2.24, 2.45) is 5.92 Å². The van der Waals surface area contributed by atoms with E-state index in [1.807, 2.05) is 19.1 Å². The second-order valence-corrected chi connectivity index (χ2v) is 6.01. The second kappa shape index (κ2) is 7.81. The summed E-state index contributed by atoms with van der Waals surface area (Å²) in [4.78, 5) is 0. The second-order valence-electron chi connectivity index (χ2n) is 6.01. The molecular formula is C16H27NO3. The third kappa shape index (κ3) is 4.93. The lowest BCUT2D eigenvalue weighted by Crippen LogP contribution is -2.34. The predicted octanol–water partition coefficient (Wildman–Crippen LogP) is 2.89. The van der Waals surface area contributed by atoms with Gasteiger partial charge >= 0.3 is 0 Å². The molecule has 2 N–H and O–H groups in total. The van der Waals surface area contributed by atoms with E-state index in [-0.39, 0.29) is 6.04 Å². The summed E-state index contributed by atoms with van der Waals surface area (Å²) in [5.74, 6) is 1.72. The molecule has 0 spiro atoms. The first-order chi connectivity index (χ1) is 9.65. The molecule has 4 heteroatoms. The lowest BCUT2D eigenvalue weighted by molar-refractivity contribution is -0.0284. The summed E-state index contributed by atoms with van der Waals surface area (Å²) in [5, 5.41) is 13.2. The van der Waals surface area contributed by atoms with E-state index < -0.39 is 6.10 Å². The lowest BCUT2D eigenvalue weighted by atomic mass is 9.89. The molecule has 0 bridgehead atoms. The zero-order valence-electron chi connectivity index (χ0n) is 12.5. The van der Waals surface area contributed by atoms with Crippen molar-refractivity contribution in [3.05, 3.63) is 24.2 Å². The molecule has 1 unspecified atom stereocenters. The molecule has 1 aromatic rings. The number of rotatable bonds is 7. The molecule has 20 heavy (non-hydrogen) atoms. The van der Waals surface area contributed by atoms with Gasteiger partial charge < -0.3 is 19.6 Å². The fourth-order valence-electron chi connectivity index (χ4n) is 2.65. The Balaban J connectivity index is 1.59. The summed E-state index contributed by atoms with van der Waals surface area (Å²) < 4.78 is 11.1. The van der Waals surface area contributed by atoms with Crippen molar-refractivity contribution in [1.29, 1.82) is 0 Å². The largest absolute Gasteiger partial charge is 0.468 e. The number of aliphatic hydroxyl groups is 1. The van der Waals surface area contributed by atoms with Crippen LogP contribution in [0.15, 0.2) is 22.8 Å². The molecule has 1 heterocycles. The van der Waals surface area contributed by atoms with Crippen LogP contribution in [0.25, 0.3) is 0 Å². The Bertz CT molecular complexity index is 358. The van der Waals surface area contributed by atoms with Gasteiger partial charge in [-0.3, -0.25) is 0 Å². The van der Waals surface area contributed by atoms with Gasteiger partial charge in [0.15, 0.2) is 0 Å². The SMILES string of the molecule is CC1CCC(OCC(O)CN[C@H](C)c2ccco2)CC1. The number of aliphatic hydroxyl groups excluding tert-OH is 1. The quantitative estimate of drug-likeness (QED) is 0.807. The maximum absolute atomic E-state index is 9.96. The van der Waals surface area contributed by atoms with Crippen LogP contribution in [0.5, 0.6) is 0 Å². The molecule has 114 valence electrons. The average molecular weight is 281 g/mol. The summed E-state index contributed by atoms with van der Waals surface area (Å²) in [5.41, 5.74) is 0. The van der Waals surface area contributed by atoms with Crippen LogP contribution in [0.1, 0.15) is 51.3 Å². The highest BCUT2D eigenvalue weighted by Crippen LogP contribution is 2.25. The highest BCUT2D eigenvalue weighted by Gasteiger charge is 2.19. The molecule has 1 aliphatic rings. The van der Waals surface area contributed by atoms with E-state index in [9.17, 15) is 5.11 Å². The zero-order chi connectivity index (χ0) is 14.4. The van der Waals surface area contributed by atoms with E-state index in [1.165, 1.54) is 12.8 Å². The monoisotopic (exact) mass is 281 g/mol. The van der Waals surface area contributed by atoms with Crippen molar-refractivity contribution in [3.63, 3.8) is 0 Å². The Hall–Kier alpha value is -0.840. The number of furan rings is 1. The van der Waals surface area contributed by atoms with Gasteiger partial charge in [0.05, 0.1) is 31.1 Å². The predicted molar refractivity (Wildman–Crippen MR) is 78.5 cm³/mol. The molecule has 0 aromatic carbocycles. The van der Waals surface area contributed by atoms with Crippen LogP contribution in [0.2, 0.25) is 0 Å². The molecule has 2 rings (SSSR count). The molecule has 1 fully saturated rings. The van der Waals surface area contributed by atoms with Crippen molar-refractivity contribution in [3.8, 4) is 0 Å². The molecule has 0 radical (unpaired) electrons. The van der Waals surface area contributed by atoms with Crippen LogP contribution in [0, 0.1) is 5.92 Å². The fourth-order valence-corrected chi connectivity index (χ4v) is 2.65. The number of nitrogens with one attached hydrogen (secondary N) is 1. The minimum absolute atomic E-state index is 0.107. The molecule has 0 saturated heterocycles. The van der Waals surface area contributed by atoms with Gasteiger partial charge in [0.2, 0.25) is 0 Å². The molecule has 1 aliphatic carbocycles. The third-order valence-electron chi connectivity index (χ3n) is 4.12. The minimum Gasteiger partial charge on any atom is -0.468 e. The molecule has 1 aromatic heterocycles. The Labute approximate surface area is 121 Å². The van der Waals surface area contributed by atoms with Crippen LogP contribution in [-0.4, -0.2) is 30.5 Å². The Morgan fingerprint density at radius 3 is 2.80 bits per heavy atom. The van der Waals surface area contributed by atoms with Gasteiger partial charge in [-0.2, -0.15) is 0 Å². The molecular weight excluding hydrogens is 254 g/mol. The van der Waals surface area contributed by atoms with Gasteiger partial charge in [-0.15, -0.1) is 0 Å². The summed E-state index contributed by atoms with van der Waals surface area (Å²) >= 11 is 0. The fraction of sp³-hybridized carbons (Fsp3) is 0.750. The zero-order valence-corrected chi connectivity index (χ0v) is 12.5. The van der Waals surface area contributed by atoms with E-state index in [2.05, 4.69) is 12.2 Å². The van der Waals surface area contributed by atoms with Crippen molar-refractivity contribution < 1.29 is 14.3 Å². The van der Waals surface area contributed by atoms with Gasteiger partial charge in [-0.1, -0.05) is 6.92 Å². The molecule has 2 atom stereocenters. The normalized spacial score (nSPS) is 26.4. The Morgan fingerprint density at radius 1 is 1.40 bits per heavy atom. The van der Waals surface area contributed by atoms with E-state index in [0.717, 1.165) is 24.5 Å². The van der Waals surface area contributed by atoms with Crippen molar-refractivity contribution in [1.82, 2.24) is 5.32 Å². The first kappa shape index (κ1) is 15.5. The maximum Gasteiger partial charge on any atom is 0.120 e. The lowest BCUT2D eigenvalue weighted by Gasteiger charge is -2.27. The standard InChI is InChI=1S/C16H27NO3/c1-12-5-7-15(8-6-12)20-11-14(18)10-17-13(2)16-4-3-9-19-16/h3-4,9,12-15,17-18H,5-8,10-11H2,1-2H3/t12?,13-,14?,15?/m1/s1. The molecule has 1 saturated carbocycles. The van der Waals surface area contributed by atoms with Gasteiger partial charge in [-0.05, 0) is 50.7 Å². The van der Waals surface area contributed by atoms with E-state index in [0.29, 0.717) is 19.3 Å². The van der Waals surface area contributed by atoms with E-state index in [4.69, 9.17) is 9.15 Å². The smallest absolute Gasteiger partial charge is 0.120 e. The van der Waals surface area contributed by atoms with Crippen molar-refractivity contribution >= 4 is 0 Å². The molecule has 0 aliphatic heterocycles. The number of hydrogen-bond donors (Lipinski definition) is 2. The highest BCUT2D eigenvalue weighted by atomic mass is 16.5. The van der Waals surface area contributed by atoms with Crippen LogP contribution in [-0.2, 0) is 4.74 Å². The van der Waals surface area contributed by atoms with Crippen LogP contribution in [0.3, 0.4) is 0 Å². The van der Waals surface area contributed by atoms with Gasteiger partial charge in [0.25, 0.3) is 0 Å². The topological polar surface area (TPSA) is 54.6 Å². The average Bonchev–Trinajstić information content (AvgIpc) is 2.98. The summed E-state index contributed by atoms with van der Waals surface area (Å²) in [6.07, 6.45) is 6.28. The summed E-state index contributed by atoms with van der Waals surface area (Å²) in [7, 11) is 0. The Morgan fingerprint density at radius 2 is 2.15 bits per heavy atom. The van der Waals surface area contributed by atoms with Crippen LogP contribution < -0.4 is 5.32 Å². The number of hydrogen-bond acceptors (Lipinski definition) is 4. The molecule has 0 amide bonds. The minimum atomic E-state index is -0.466. The third-order valence-corrected chi connectivity index (χ3v) is 4.12. The van der Waals surface area contributed by atoms with E-state index >= 15 is 0 Å². The first-order valence-corrected chi connectivity index (χ1v) is 7.71. The van der Waals surface area contributed by atoms with E-state index in [1.54, 1.807) is 6.26 Å². The van der Waals surface area contributed by atoms with Gasteiger partial charge in [-0.25, -0.2) is 0 Å². The maximum atomic E-state index is 9.96. The van der Waals surface area contributed by atoms with Gasteiger partial charge in [0.1, 0.15) is 5.76 Å².